The van der Waals surface area contributed by atoms with Crippen LogP contribution in [0.25, 0.3) is 0 Å². The second kappa shape index (κ2) is 6.86. The third-order valence-corrected chi connectivity index (χ3v) is 3.39. The number of hydrogen-bond acceptors (Lipinski definition) is 3. The van der Waals surface area contributed by atoms with Crippen LogP contribution in [-0.4, -0.2) is 37.6 Å². The van der Waals surface area contributed by atoms with Gasteiger partial charge in [-0.15, -0.1) is 0 Å². The molecule has 112 valence electrons. The van der Waals surface area contributed by atoms with Crippen LogP contribution in [0.15, 0.2) is 24.3 Å². The Morgan fingerprint density at radius 1 is 1.30 bits per heavy atom. The number of hydrogen-bond donors (Lipinski definition) is 1. The summed E-state index contributed by atoms with van der Waals surface area (Å²) in [6, 6.07) is 8.36. The van der Waals surface area contributed by atoms with Crippen LogP contribution in [0.4, 0.5) is 0 Å². The first-order valence-corrected chi connectivity index (χ1v) is 6.87. The van der Waals surface area contributed by atoms with Gasteiger partial charge in [-0.2, -0.15) is 0 Å². The van der Waals surface area contributed by atoms with Gasteiger partial charge in [-0.1, -0.05) is 45.0 Å². The van der Waals surface area contributed by atoms with Gasteiger partial charge in [-0.05, 0) is 16.5 Å². The lowest BCUT2D eigenvalue weighted by Gasteiger charge is -2.23. The molecule has 1 atom stereocenters. The molecular formula is C16H26N2O2. The molecule has 0 saturated carbocycles. The minimum atomic E-state index is -0.561. The Labute approximate surface area is 121 Å². The van der Waals surface area contributed by atoms with Crippen molar-refractivity contribution in [2.75, 3.05) is 20.7 Å². The van der Waals surface area contributed by atoms with Crippen molar-refractivity contribution in [1.29, 1.82) is 0 Å². The van der Waals surface area contributed by atoms with Crippen LogP contribution in [0.1, 0.15) is 31.9 Å². The number of carbonyl (C=O) groups is 1. The molecule has 0 saturated heterocycles. The molecule has 0 aliphatic carbocycles. The number of nitrogens with zero attached hydrogens (tertiary/aromatic N) is 1. The first-order chi connectivity index (χ1) is 9.29. The summed E-state index contributed by atoms with van der Waals surface area (Å²) < 4.78 is 5.07. The van der Waals surface area contributed by atoms with E-state index in [0.717, 1.165) is 5.56 Å². The first kappa shape index (κ1) is 16.7. The van der Waals surface area contributed by atoms with Crippen LogP contribution < -0.4 is 5.73 Å². The number of methoxy groups -OCH3 is 1. The second-order valence-electron chi connectivity index (χ2n) is 6.10. The van der Waals surface area contributed by atoms with E-state index in [1.54, 1.807) is 11.9 Å². The number of benzene rings is 1. The quantitative estimate of drug-likeness (QED) is 0.895. The van der Waals surface area contributed by atoms with E-state index in [1.807, 2.05) is 0 Å². The maximum Gasteiger partial charge on any atom is 0.253 e. The van der Waals surface area contributed by atoms with Crippen LogP contribution in [0, 0.1) is 0 Å². The number of nitrogens with two attached hydrogens (primary N) is 1. The molecule has 0 aliphatic heterocycles. The number of rotatable bonds is 5. The van der Waals surface area contributed by atoms with Gasteiger partial charge < -0.3 is 15.4 Å². The second-order valence-corrected chi connectivity index (χ2v) is 6.10. The van der Waals surface area contributed by atoms with Crippen molar-refractivity contribution in [2.45, 2.75) is 38.8 Å². The third-order valence-electron chi connectivity index (χ3n) is 3.39. The summed E-state index contributed by atoms with van der Waals surface area (Å²) in [4.78, 5) is 13.7. The number of likely N-dealkylation sites (N-methyl/N-ethyl adjacent to an activating group) is 1. The van der Waals surface area contributed by atoms with E-state index in [1.165, 1.54) is 12.7 Å². The molecule has 20 heavy (non-hydrogen) atoms. The van der Waals surface area contributed by atoms with Crippen molar-refractivity contribution in [2.24, 2.45) is 5.73 Å². The van der Waals surface area contributed by atoms with E-state index in [4.69, 9.17) is 10.5 Å². The largest absolute Gasteiger partial charge is 0.370 e. The SMILES string of the molecule is COC(CN)C(=O)N(C)Cc1ccc(C(C)(C)C)cc1. The molecule has 0 fully saturated rings. The Morgan fingerprint density at radius 2 is 1.85 bits per heavy atom. The van der Waals surface area contributed by atoms with Crippen molar-refractivity contribution >= 4 is 5.91 Å². The van der Waals surface area contributed by atoms with Gasteiger partial charge in [0.2, 0.25) is 0 Å². The molecule has 1 aromatic carbocycles. The molecule has 1 amide bonds. The van der Waals surface area contributed by atoms with E-state index >= 15 is 0 Å². The lowest BCUT2D eigenvalue weighted by atomic mass is 9.87. The predicted octanol–water partition coefficient (Wildman–Crippen LogP) is 1.92. The summed E-state index contributed by atoms with van der Waals surface area (Å²) in [5.74, 6) is -0.0881. The highest BCUT2D eigenvalue weighted by atomic mass is 16.5. The molecule has 1 aromatic rings. The lowest BCUT2D eigenvalue weighted by molar-refractivity contribution is -0.140. The van der Waals surface area contributed by atoms with E-state index in [-0.39, 0.29) is 17.9 Å². The fourth-order valence-electron chi connectivity index (χ4n) is 2.01. The molecule has 0 spiro atoms. The highest BCUT2D eigenvalue weighted by Gasteiger charge is 2.20. The molecule has 1 unspecified atom stereocenters. The molecule has 0 heterocycles. The normalized spacial score (nSPS) is 13.1. The number of amides is 1. The van der Waals surface area contributed by atoms with Crippen LogP contribution in [0.5, 0.6) is 0 Å². The Bertz CT molecular complexity index is 431. The Hall–Kier alpha value is -1.39. The number of carbonyl (C=O) groups excluding carboxylic acids is 1. The molecule has 1 rings (SSSR count). The average Bonchev–Trinajstić information content (AvgIpc) is 2.39. The fraction of sp³-hybridized carbons (Fsp3) is 0.562. The smallest absolute Gasteiger partial charge is 0.253 e. The third kappa shape index (κ3) is 4.32. The van der Waals surface area contributed by atoms with Gasteiger partial charge in [0.05, 0.1) is 0 Å². The minimum Gasteiger partial charge on any atom is -0.370 e. The molecule has 0 bridgehead atoms. The standard InChI is InChI=1S/C16H26N2O2/c1-16(2,3)13-8-6-12(7-9-13)11-18(4)15(19)14(10-17)20-5/h6-9,14H,10-11,17H2,1-5H3. The van der Waals surface area contributed by atoms with Gasteiger partial charge in [0.1, 0.15) is 6.10 Å². The summed E-state index contributed by atoms with van der Waals surface area (Å²) in [5.41, 5.74) is 8.03. The molecule has 2 N–H and O–H groups in total. The number of ether oxygens (including phenoxy) is 1. The molecule has 0 aliphatic rings. The van der Waals surface area contributed by atoms with Gasteiger partial charge in [-0.25, -0.2) is 0 Å². The fourth-order valence-corrected chi connectivity index (χ4v) is 2.01. The van der Waals surface area contributed by atoms with E-state index in [2.05, 4.69) is 45.0 Å². The average molecular weight is 278 g/mol. The maximum absolute atomic E-state index is 12.1. The van der Waals surface area contributed by atoms with Gasteiger partial charge in [0.15, 0.2) is 0 Å². The monoisotopic (exact) mass is 278 g/mol. The van der Waals surface area contributed by atoms with Crippen LogP contribution in [0.2, 0.25) is 0 Å². The van der Waals surface area contributed by atoms with Gasteiger partial charge in [0, 0.05) is 27.2 Å². The molecule has 4 nitrogen and oxygen atoms in total. The molecular weight excluding hydrogens is 252 g/mol. The van der Waals surface area contributed by atoms with Crippen LogP contribution >= 0.6 is 0 Å². The molecule has 4 heteroatoms. The highest BCUT2D eigenvalue weighted by Crippen LogP contribution is 2.22. The first-order valence-electron chi connectivity index (χ1n) is 6.87. The Kier molecular flexibility index (Phi) is 5.72. The summed E-state index contributed by atoms with van der Waals surface area (Å²) in [6.45, 7) is 7.30. The van der Waals surface area contributed by atoms with E-state index in [9.17, 15) is 4.79 Å². The molecule has 0 aromatic heterocycles. The lowest BCUT2D eigenvalue weighted by Crippen LogP contribution is -2.41. The topological polar surface area (TPSA) is 55.6 Å². The van der Waals surface area contributed by atoms with Crippen molar-refractivity contribution in [3.8, 4) is 0 Å². The predicted molar refractivity (Wildman–Crippen MR) is 81.5 cm³/mol. The van der Waals surface area contributed by atoms with Crippen LogP contribution in [0.3, 0.4) is 0 Å². The van der Waals surface area contributed by atoms with Crippen molar-refractivity contribution in [3.63, 3.8) is 0 Å². The van der Waals surface area contributed by atoms with Crippen molar-refractivity contribution < 1.29 is 9.53 Å². The zero-order valence-corrected chi connectivity index (χ0v) is 13.1. The summed E-state index contributed by atoms with van der Waals surface area (Å²) in [7, 11) is 3.27. The van der Waals surface area contributed by atoms with Crippen molar-refractivity contribution in [3.05, 3.63) is 35.4 Å². The Morgan fingerprint density at radius 3 is 2.25 bits per heavy atom. The van der Waals surface area contributed by atoms with Crippen LogP contribution in [-0.2, 0) is 21.5 Å². The van der Waals surface area contributed by atoms with Gasteiger partial charge in [-0.3, -0.25) is 4.79 Å². The summed E-state index contributed by atoms with van der Waals surface area (Å²) in [6.07, 6.45) is -0.561. The summed E-state index contributed by atoms with van der Waals surface area (Å²) >= 11 is 0. The highest BCUT2D eigenvalue weighted by molar-refractivity contribution is 5.80. The Balaban J connectivity index is 2.71. The van der Waals surface area contributed by atoms with Crippen molar-refractivity contribution in [1.82, 2.24) is 4.90 Å². The zero-order valence-electron chi connectivity index (χ0n) is 13.1. The maximum atomic E-state index is 12.1. The van der Waals surface area contributed by atoms with Gasteiger partial charge in [0.25, 0.3) is 5.91 Å². The van der Waals surface area contributed by atoms with E-state index in [0.29, 0.717) is 6.54 Å². The van der Waals surface area contributed by atoms with Gasteiger partial charge >= 0.3 is 0 Å². The minimum absolute atomic E-state index is 0.0881. The zero-order chi connectivity index (χ0) is 15.3. The molecule has 0 radical (unpaired) electrons. The van der Waals surface area contributed by atoms with E-state index < -0.39 is 6.10 Å². The summed E-state index contributed by atoms with van der Waals surface area (Å²) in [5, 5.41) is 0.